The average molecular weight is 448 g/mol. The first-order valence-electron chi connectivity index (χ1n) is 10.6. The third kappa shape index (κ3) is 4.62. The maximum atomic E-state index is 13.6. The van der Waals surface area contributed by atoms with Crippen LogP contribution in [0.15, 0.2) is 35.9 Å². The van der Waals surface area contributed by atoms with Gasteiger partial charge in [-0.15, -0.1) is 0 Å². The Labute approximate surface area is 188 Å². The predicted octanol–water partition coefficient (Wildman–Crippen LogP) is 3.02. The number of amides is 4. The number of allylic oxidation sites excluding steroid dienone is 1. The van der Waals surface area contributed by atoms with E-state index in [0.29, 0.717) is 42.9 Å². The molecule has 2 aliphatic rings. The maximum absolute atomic E-state index is 13.6. The molecule has 8 heteroatoms. The summed E-state index contributed by atoms with van der Waals surface area (Å²) in [6, 6.07) is 6.98. The Morgan fingerprint density at radius 1 is 1.29 bits per heavy atom. The molecule has 168 valence electrons. The van der Waals surface area contributed by atoms with Crippen molar-refractivity contribution >= 4 is 29.4 Å². The summed E-state index contributed by atoms with van der Waals surface area (Å²) in [5.74, 6) is -0.337. The second-order valence-corrected chi connectivity index (χ2v) is 8.56. The quantitative estimate of drug-likeness (QED) is 0.514. The molecule has 0 radical (unpaired) electrons. The monoisotopic (exact) mass is 447 g/mol. The van der Waals surface area contributed by atoms with Gasteiger partial charge in [-0.1, -0.05) is 35.9 Å². The zero-order valence-corrected chi connectivity index (χ0v) is 19.1. The Hall–Kier alpha value is -2.38. The topological polar surface area (TPSA) is 79.0 Å². The third-order valence-corrected chi connectivity index (χ3v) is 6.77. The molecule has 7 nitrogen and oxygen atoms in total. The van der Waals surface area contributed by atoms with E-state index in [1.54, 1.807) is 6.07 Å². The Kier molecular flexibility index (Phi) is 7.38. The molecule has 2 saturated heterocycles. The first-order chi connectivity index (χ1) is 14.8. The number of carbonyl (C=O) groups is 3. The van der Waals surface area contributed by atoms with Gasteiger partial charge < -0.3 is 15.0 Å². The van der Waals surface area contributed by atoms with E-state index in [1.165, 1.54) is 12.0 Å². The number of piperidine rings is 1. The van der Waals surface area contributed by atoms with Crippen molar-refractivity contribution < 1.29 is 19.1 Å². The average Bonchev–Trinajstić information content (AvgIpc) is 3.02. The van der Waals surface area contributed by atoms with Gasteiger partial charge in [0.05, 0.1) is 13.2 Å². The lowest BCUT2D eigenvalue weighted by Gasteiger charge is -2.41. The van der Waals surface area contributed by atoms with Gasteiger partial charge in [-0.05, 0) is 44.2 Å². The van der Waals surface area contributed by atoms with Gasteiger partial charge in [-0.2, -0.15) is 0 Å². The molecule has 0 saturated carbocycles. The van der Waals surface area contributed by atoms with E-state index in [9.17, 15) is 14.4 Å². The number of imide groups is 1. The highest BCUT2D eigenvalue weighted by Gasteiger charge is 2.56. The number of hydrogen-bond donors (Lipinski definition) is 1. The Morgan fingerprint density at radius 3 is 2.58 bits per heavy atom. The first-order valence-corrected chi connectivity index (χ1v) is 11.0. The molecule has 2 aliphatic heterocycles. The fraction of sp³-hybridized carbons (Fsp3) is 0.522. The molecular weight excluding hydrogens is 418 g/mol. The smallest absolute Gasteiger partial charge is 0.325 e. The van der Waals surface area contributed by atoms with Gasteiger partial charge in [0.25, 0.3) is 5.91 Å². The number of nitrogens with one attached hydrogen (secondary N) is 1. The molecule has 0 aliphatic carbocycles. The molecule has 1 unspecified atom stereocenters. The minimum Gasteiger partial charge on any atom is -0.383 e. The summed E-state index contributed by atoms with van der Waals surface area (Å²) in [5, 5.41) is 3.57. The van der Waals surface area contributed by atoms with E-state index in [1.807, 2.05) is 43.0 Å². The third-order valence-electron chi connectivity index (χ3n) is 6.40. The Balaban J connectivity index is 1.87. The van der Waals surface area contributed by atoms with Crippen molar-refractivity contribution in [1.82, 2.24) is 15.1 Å². The fourth-order valence-electron chi connectivity index (χ4n) is 4.46. The largest absolute Gasteiger partial charge is 0.383 e. The van der Waals surface area contributed by atoms with Crippen molar-refractivity contribution in [2.24, 2.45) is 5.92 Å². The van der Waals surface area contributed by atoms with Crippen molar-refractivity contribution in [1.29, 1.82) is 0 Å². The van der Waals surface area contributed by atoms with Crippen molar-refractivity contribution in [3.63, 3.8) is 0 Å². The van der Waals surface area contributed by atoms with Gasteiger partial charge in [-0.25, -0.2) is 4.79 Å². The standard InChI is InChI=1S/C23H30ClN3O4/c1-4-16(2)20(28)26-11-9-18(10-12-26)23(15-17-7-5-6-8-19(17)24)21(29)27(13-14-31-3)22(30)25-23/h4-8,18H,9-15H2,1-3H3,(H,25,30). The Bertz CT molecular complexity index is 879. The van der Waals surface area contributed by atoms with E-state index in [-0.39, 0.29) is 30.9 Å². The molecule has 2 heterocycles. The van der Waals surface area contributed by atoms with Crippen molar-refractivity contribution in [2.75, 3.05) is 33.4 Å². The summed E-state index contributed by atoms with van der Waals surface area (Å²) in [5.41, 5.74) is 0.440. The number of methoxy groups -OCH3 is 1. The molecule has 1 aromatic carbocycles. The molecule has 1 N–H and O–H groups in total. The van der Waals surface area contributed by atoms with Crippen LogP contribution in [-0.2, 0) is 20.7 Å². The van der Waals surface area contributed by atoms with E-state index in [2.05, 4.69) is 5.32 Å². The van der Waals surface area contributed by atoms with Crippen molar-refractivity contribution in [2.45, 2.75) is 38.6 Å². The van der Waals surface area contributed by atoms with Crippen LogP contribution in [0.1, 0.15) is 32.3 Å². The second-order valence-electron chi connectivity index (χ2n) is 8.16. The van der Waals surface area contributed by atoms with Crippen LogP contribution >= 0.6 is 11.6 Å². The number of hydrogen-bond acceptors (Lipinski definition) is 4. The van der Waals surface area contributed by atoms with Crippen molar-refractivity contribution in [3.05, 3.63) is 46.5 Å². The number of nitrogens with zero attached hydrogens (tertiary/aromatic N) is 2. The van der Waals surface area contributed by atoms with Gasteiger partial charge in [0.15, 0.2) is 0 Å². The van der Waals surface area contributed by atoms with Gasteiger partial charge >= 0.3 is 6.03 Å². The molecule has 0 aromatic heterocycles. The highest BCUT2D eigenvalue weighted by Crippen LogP contribution is 2.37. The molecule has 1 aromatic rings. The minimum atomic E-state index is -1.08. The molecule has 4 amide bonds. The van der Waals surface area contributed by atoms with Gasteiger partial charge in [0.1, 0.15) is 5.54 Å². The summed E-state index contributed by atoms with van der Waals surface area (Å²) < 4.78 is 5.08. The molecule has 1 atom stereocenters. The number of urea groups is 1. The van der Waals surface area contributed by atoms with Gasteiger partial charge in [0, 0.05) is 37.2 Å². The lowest BCUT2D eigenvalue weighted by atomic mass is 9.73. The number of likely N-dealkylation sites (tertiary alicyclic amines) is 1. The minimum absolute atomic E-state index is 0.0182. The highest BCUT2D eigenvalue weighted by molar-refractivity contribution is 6.31. The maximum Gasteiger partial charge on any atom is 0.325 e. The first kappa shape index (κ1) is 23.3. The van der Waals surface area contributed by atoms with E-state index >= 15 is 0 Å². The van der Waals surface area contributed by atoms with E-state index < -0.39 is 11.6 Å². The van der Waals surface area contributed by atoms with Crippen molar-refractivity contribution in [3.8, 4) is 0 Å². The Morgan fingerprint density at radius 2 is 1.97 bits per heavy atom. The SMILES string of the molecule is CC=C(C)C(=O)N1CCC(C2(Cc3ccccc3Cl)NC(=O)N(CCOC)C2=O)CC1. The summed E-state index contributed by atoms with van der Waals surface area (Å²) >= 11 is 6.41. The molecule has 2 fully saturated rings. The predicted molar refractivity (Wildman–Crippen MR) is 119 cm³/mol. The lowest BCUT2D eigenvalue weighted by molar-refractivity contribution is -0.135. The summed E-state index contributed by atoms with van der Waals surface area (Å²) in [4.78, 5) is 41.9. The molecule has 0 spiro atoms. The number of ether oxygens (including phenoxy) is 1. The molecule has 31 heavy (non-hydrogen) atoms. The molecule has 3 rings (SSSR count). The lowest BCUT2D eigenvalue weighted by Crippen LogP contribution is -2.58. The van der Waals surface area contributed by atoms with Crippen LogP contribution in [0.5, 0.6) is 0 Å². The molecule has 0 bridgehead atoms. The number of halogens is 1. The van der Waals surface area contributed by atoms with Gasteiger partial charge in [-0.3, -0.25) is 14.5 Å². The van der Waals surface area contributed by atoms with Crippen LogP contribution in [0, 0.1) is 5.92 Å². The summed E-state index contributed by atoms with van der Waals surface area (Å²) in [6.45, 7) is 5.21. The molecular formula is C23H30ClN3O4. The number of carbonyl (C=O) groups excluding carboxylic acids is 3. The summed E-state index contributed by atoms with van der Waals surface area (Å²) in [7, 11) is 1.54. The van der Waals surface area contributed by atoms with E-state index in [0.717, 1.165) is 5.56 Å². The number of rotatable bonds is 7. The highest BCUT2D eigenvalue weighted by atomic mass is 35.5. The fourth-order valence-corrected chi connectivity index (χ4v) is 4.66. The van der Waals surface area contributed by atoms with E-state index in [4.69, 9.17) is 16.3 Å². The zero-order valence-electron chi connectivity index (χ0n) is 18.3. The zero-order chi connectivity index (χ0) is 22.6. The van der Waals surface area contributed by atoms with Crippen LogP contribution in [-0.4, -0.2) is 66.5 Å². The number of benzene rings is 1. The van der Waals surface area contributed by atoms with Crippen LogP contribution in [0.3, 0.4) is 0 Å². The second kappa shape index (κ2) is 9.83. The van der Waals surface area contributed by atoms with Gasteiger partial charge in [0.2, 0.25) is 5.91 Å². The normalized spacial score (nSPS) is 22.8. The van der Waals surface area contributed by atoms with Crippen LogP contribution in [0.2, 0.25) is 5.02 Å². The van der Waals surface area contributed by atoms with Crippen LogP contribution in [0.4, 0.5) is 4.79 Å². The summed E-state index contributed by atoms with van der Waals surface area (Å²) in [6.07, 6.45) is 3.36. The van der Waals surface area contributed by atoms with Crippen LogP contribution < -0.4 is 5.32 Å². The van der Waals surface area contributed by atoms with Crippen LogP contribution in [0.25, 0.3) is 0 Å².